The summed E-state index contributed by atoms with van der Waals surface area (Å²) in [6.07, 6.45) is 8.06. The number of hydrogen-bond acceptors (Lipinski definition) is 2. The van der Waals surface area contributed by atoms with E-state index in [1.165, 1.54) is 24.8 Å². The van der Waals surface area contributed by atoms with Crippen LogP contribution in [0.15, 0.2) is 17.4 Å². The van der Waals surface area contributed by atoms with Crippen LogP contribution >= 0.6 is 0 Å². The van der Waals surface area contributed by atoms with Gasteiger partial charge in [0.1, 0.15) is 0 Å². The van der Waals surface area contributed by atoms with Crippen LogP contribution in [-0.2, 0) is 7.05 Å². The third kappa shape index (κ3) is 3.14. The van der Waals surface area contributed by atoms with E-state index in [2.05, 4.69) is 28.4 Å². The fourth-order valence-electron chi connectivity index (χ4n) is 2.82. The standard InChI is InChI=1S/C15H25N5/c1-3-16-15(17-8-12-4-5-12)20-7-6-13(11-20)14-9-18-19(2)10-14/h9-10,12-13H,3-8,11H2,1-2H3,(H,16,17). The van der Waals surface area contributed by atoms with Gasteiger partial charge in [-0.1, -0.05) is 0 Å². The van der Waals surface area contributed by atoms with Crippen LogP contribution in [0.1, 0.15) is 37.7 Å². The molecule has 5 nitrogen and oxygen atoms in total. The molecule has 1 N–H and O–H groups in total. The van der Waals surface area contributed by atoms with Crippen LogP contribution in [-0.4, -0.2) is 46.8 Å². The van der Waals surface area contributed by atoms with Gasteiger partial charge in [-0.15, -0.1) is 0 Å². The Labute approximate surface area is 121 Å². The van der Waals surface area contributed by atoms with E-state index in [4.69, 9.17) is 4.99 Å². The van der Waals surface area contributed by atoms with Crippen molar-refractivity contribution in [1.82, 2.24) is 20.0 Å². The molecule has 2 heterocycles. The number of aliphatic imine (C=N–C) groups is 1. The van der Waals surface area contributed by atoms with Crippen molar-refractivity contribution in [3.05, 3.63) is 18.0 Å². The van der Waals surface area contributed by atoms with Crippen LogP contribution in [0.25, 0.3) is 0 Å². The lowest BCUT2D eigenvalue weighted by molar-refractivity contribution is 0.485. The predicted octanol–water partition coefficient (Wildman–Crippen LogP) is 1.58. The monoisotopic (exact) mass is 275 g/mol. The van der Waals surface area contributed by atoms with Crippen molar-refractivity contribution in [3.63, 3.8) is 0 Å². The van der Waals surface area contributed by atoms with E-state index in [0.29, 0.717) is 5.92 Å². The van der Waals surface area contributed by atoms with Gasteiger partial charge in [-0.05, 0) is 37.7 Å². The number of aromatic nitrogens is 2. The molecule has 1 saturated carbocycles. The van der Waals surface area contributed by atoms with Gasteiger partial charge in [-0.3, -0.25) is 9.67 Å². The van der Waals surface area contributed by atoms with Crippen LogP contribution in [0.4, 0.5) is 0 Å². The highest BCUT2D eigenvalue weighted by molar-refractivity contribution is 5.80. The maximum Gasteiger partial charge on any atom is 0.193 e. The SMILES string of the molecule is CCNC(=NCC1CC1)N1CCC(c2cnn(C)c2)C1. The second-order valence-electron chi connectivity index (χ2n) is 6.02. The first-order chi connectivity index (χ1) is 9.76. The van der Waals surface area contributed by atoms with Gasteiger partial charge in [0, 0.05) is 45.3 Å². The third-order valence-corrected chi connectivity index (χ3v) is 4.22. The molecule has 5 heteroatoms. The molecule has 0 amide bonds. The maximum atomic E-state index is 4.80. The molecule has 0 aromatic carbocycles. The first kappa shape index (κ1) is 13.5. The van der Waals surface area contributed by atoms with Gasteiger partial charge in [0.25, 0.3) is 0 Å². The van der Waals surface area contributed by atoms with Gasteiger partial charge >= 0.3 is 0 Å². The van der Waals surface area contributed by atoms with Crippen molar-refractivity contribution in [2.45, 2.75) is 32.1 Å². The van der Waals surface area contributed by atoms with E-state index in [1.807, 2.05) is 17.9 Å². The molecule has 1 aliphatic heterocycles. The molecular weight excluding hydrogens is 250 g/mol. The Balaban J connectivity index is 1.62. The molecule has 1 aliphatic carbocycles. The Morgan fingerprint density at radius 2 is 2.30 bits per heavy atom. The Kier molecular flexibility index (Phi) is 3.94. The van der Waals surface area contributed by atoms with Crippen molar-refractivity contribution in [2.75, 3.05) is 26.2 Å². The molecule has 20 heavy (non-hydrogen) atoms. The molecule has 1 unspecified atom stereocenters. The highest BCUT2D eigenvalue weighted by atomic mass is 15.3. The zero-order chi connectivity index (χ0) is 13.9. The van der Waals surface area contributed by atoms with Crippen LogP contribution in [0, 0.1) is 5.92 Å². The van der Waals surface area contributed by atoms with Crippen molar-refractivity contribution >= 4 is 5.96 Å². The van der Waals surface area contributed by atoms with Gasteiger partial charge in [0.15, 0.2) is 5.96 Å². The number of guanidine groups is 1. The lowest BCUT2D eigenvalue weighted by Gasteiger charge is -2.21. The van der Waals surface area contributed by atoms with E-state index in [9.17, 15) is 0 Å². The van der Waals surface area contributed by atoms with Crippen LogP contribution in [0.3, 0.4) is 0 Å². The van der Waals surface area contributed by atoms with Crippen molar-refractivity contribution in [3.8, 4) is 0 Å². The molecule has 1 aromatic heterocycles. The molecule has 0 bridgehead atoms. The van der Waals surface area contributed by atoms with E-state index < -0.39 is 0 Å². The average Bonchev–Trinajstić information content (AvgIpc) is 2.96. The largest absolute Gasteiger partial charge is 0.357 e. The van der Waals surface area contributed by atoms with E-state index >= 15 is 0 Å². The van der Waals surface area contributed by atoms with E-state index in [0.717, 1.165) is 38.1 Å². The minimum absolute atomic E-state index is 0.591. The van der Waals surface area contributed by atoms with Crippen LogP contribution in [0.5, 0.6) is 0 Å². The summed E-state index contributed by atoms with van der Waals surface area (Å²) in [6.45, 7) is 6.23. The summed E-state index contributed by atoms with van der Waals surface area (Å²) in [5.41, 5.74) is 1.35. The minimum Gasteiger partial charge on any atom is -0.357 e. The fourth-order valence-corrected chi connectivity index (χ4v) is 2.82. The summed E-state index contributed by atoms with van der Waals surface area (Å²) >= 11 is 0. The molecule has 1 saturated heterocycles. The summed E-state index contributed by atoms with van der Waals surface area (Å²) < 4.78 is 1.89. The number of rotatable bonds is 4. The smallest absolute Gasteiger partial charge is 0.193 e. The molecule has 2 aliphatic rings. The normalized spacial score (nSPS) is 23.4. The molecule has 0 spiro atoms. The Morgan fingerprint density at radius 1 is 1.45 bits per heavy atom. The summed E-state index contributed by atoms with van der Waals surface area (Å²) in [6, 6.07) is 0. The first-order valence-corrected chi connectivity index (χ1v) is 7.78. The summed E-state index contributed by atoms with van der Waals surface area (Å²) in [5.74, 6) is 2.54. The minimum atomic E-state index is 0.591. The van der Waals surface area contributed by atoms with E-state index in [-0.39, 0.29) is 0 Å². The number of hydrogen-bond donors (Lipinski definition) is 1. The summed E-state index contributed by atoms with van der Waals surface area (Å²) in [5, 5.41) is 7.73. The lowest BCUT2D eigenvalue weighted by atomic mass is 10.0. The predicted molar refractivity (Wildman–Crippen MR) is 80.8 cm³/mol. The van der Waals surface area contributed by atoms with Gasteiger partial charge in [-0.25, -0.2) is 0 Å². The number of nitrogens with zero attached hydrogens (tertiary/aromatic N) is 4. The quantitative estimate of drug-likeness (QED) is 0.670. The maximum absolute atomic E-state index is 4.80. The molecule has 3 rings (SSSR count). The Bertz CT molecular complexity index is 474. The molecule has 1 atom stereocenters. The number of nitrogens with one attached hydrogen (secondary N) is 1. The van der Waals surface area contributed by atoms with Crippen molar-refractivity contribution < 1.29 is 0 Å². The molecule has 110 valence electrons. The average molecular weight is 275 g/mol. The van der Waals surface area contributed by atoms with Gasteiger partial charge in [0.05, 0.1) is 6.20 Å². The van der Waals surface area contributed by atoms with Gasteiger partial charge in [0.2, 0.25) is 0 Å². The number of aryl methyl sites for hydroxylation is 1. The van der Waals surface area contributed by atoms with Gasteiger partial charge < -0.3 is 10.2 Å². The van der Waals surface area contributed by atoms with Crippen molar-refractivity contribution in [2.24, 2.45) is 18.0 Å². The topological polar surface area (TPSA) is 45.5 Å². The van der Waals surface area contributed by atoms with Crippen molar-refractivity contribution in [1.29, 1.82) is 0 Å². The fraction of sp³-hybridized carbons (Fsp3) is 0.733. The zero-order valence-electron chi connectivity index (χ0n) is 12.5. The molecule has 2 fully saturated rings. The Hall–Kier alpha value is -1.52. The zero-order valence-corrected chi connectivity index (χ0v) is 12.5. The summed E-state index contributed by atoms with van der Waals surface area (Å²) in [4.78, 5) is 7.21. The van der Waals surface area contributed by atoms with Gasteiger partial charge in [-0.2, -0.15) is 5.10 Å². The highest BCUT2D eigenvalue weighted by Crippen LogP contribution is 2.30. The first-order valence-electron chi connectivity index (χ1n) is 7.78. The highest BCUT2D eigenvalue weighted by Gasteiger charge is 2.27. The molecular formula is C15H25N5. The molecule has 1 aromatic rings. The van der Waals surface area contributed by atoms with E-state index in [1.54, 1.807) is 0 Å². The Morgan fingerprint density at radius 3 is 2.95 bits per heavy atom. The second-order valence-corrected chi connectivity index (χ2v) is 6.02. The summed E-state index contributed by atoms with van der Waals surface area (Å²) in [7, 11) is 1.98. The molecule has 0 radical (unpaired) electrons. The lowest BCUT2D eigenvalue weighted by Crippen LogP contribution is -2.40. The second kappa shape index (κ2) is 5.85. The number of likely N-dealkylation sites (tertiary alicyclic amines) is 1. The third-order valence-electron chi connectivity index (χ3n) is 4.22. The van der Waals surface area contributed by atoms with Crippen LogP contribution in [0.2, 0.25) is 0 Å². The van der Waals surface area contributed by atoms with Crippen LogP contribution < -0.4 is 5.32 Å².